The van der Waals surface area contributed by atoms with Gasteiger partial charge in [0.25, 0.3) is 0 Å². The monoisotopic (exact) mass is 114 g/mol. The lowest BCUT2D eigenvalue weighted by molar-refractivity contribution is 0.0548. The summed E-state index contributed by atoms with van der Waals surface area (Å²) in [4.78, 5) is 0. The van der Waals surface area contributed by atoms with Gasteiger partial charge in [-0.15, -0.1) is 0 Å². The lowest BCUT2D eigenvalue weighted by atomic mass is 9.60. The summed E-state index contributed by atoms with van der Waals surface area (Å²) in [5.74, 6) is 2.43. The van der Waals surface area contributed by atoms with E-state index in [2.05, 4.69) is 0 Å². The van der Waals surface area contributed by atoms with Crippen LogP contribution in [-0.2, 0) is 0 Å². The molecule has 0 saturated heterocycles. The first-order valence-electron chi connectivity index (χ1n) is 3.41. The molecule has 1 N–H and O–H groups in total. The van der Waals surface area contributed by atoms with Gasteiger partial charge >= 0.3 is 0 Å². The van der Waals surface area contributed by atoms with E-state index in [4.69, 9.17) is 5.11 Å². The summed E-state index contributed by atoms with van der Waals surface area (Å²) >= 11 is 0. The van der Waals surface area contributed by atoms with Crippen molar-refractivity contribution in [2.24, 2.45) is 11.8 Å². The number of aliphatic hydroxyl groups is 1. The highest BCUT2D eigenvalue weighted by Gasteiger charge is 2.37. The van der Waals surface area contributed by atoms with E-state index in [0.717, 1.165) is 7.11 Å². The van der Waals surface area contributed by atoms with Crippen LogP contribution in [0.4, 0.5) is 0 Å². The van der Waals surface area contributed by atoms with Crippen molar-refractivity contribution in [3.63, 3.8) is 0 Å². The first-order chi connectivity index (χ1) is 3.97. The molecule has 0 aromatic heterocycles. The Hall–Kier alpha value is -0.0400. The Morgan fingerprint density at radius 2 is 1.12 bits per heavy atom. The Kier molecular flexibility index (Phi) is 1.90. The van der Waals surface area contributed by atoms with Crippen molar-refractivity contribution >= 4 is 0 Å². The van der Waals surface area contributed by atoms with Gasteiger partial charge in [0.15, 0.2) is 0 Å². The van der Waals surface area contributed by atoms with Crippen molar-refractivity contribution < 1.29 is 5.11 Å². The lowest BCUT2D eigenvalue weighted by Gasteiger charge is -2.46. The molecule has 0 atom stereocenters. The third-order valence-electron chi connectivity index (χ3n) is 2.48. The zero-order valence-corrected chi connectivity index (χ0v) is 5.43. The molecule has 0 aliphatic heterocycles. The van der Waals surface area contributed by atoms with Crippen LogP contribution in [-0.4, -0.2) is 12.2 Å². The molecule has 0 unspecified atom stereocenters. The van der Waals surface area contributed by atoms with Gasteiger partial charge in [-0.25, -0.2) is 0 Å². The molecule has 2 aliphatic carbocycles. The van der Waals surface area contributed by atoms with Crippen LogP contribution in [0.2, 0.25) is 0 Å². The molecule has 8 heavy (non-hydrogen) atoms. The first kappa shape index (κ1) is 6.09. The minimum absolute atomic E-state index is 1.00. The van der Waals surface area contributed by atoms with Crippen molar-refractivity contribution in [2.75, 3.05) is 7.11 Å². The summed E-state index contributed by atoms with van der Waals surface area (Å²) in [5, 5.41) is 7.00. The fourth-order valence-corrected chi connectivity index (χ4v) is 1.56. The number of hydrogen-bond acceptors (Lipinski definition) is 1. The first-order valence-corrected chi connectivity index (χ1v) is 3.41. The number of rotatable bonds is 0. The molecule has 0 aromatic carbocycles. The van der Waals surface area contributed by atoms with Gasteiger partial charge in [-0.3, -0.25) is 0 Å². The Bertz CT molecular complexity index is 52.8. The van der Waals surface area contributed by atoms with Crippen molar-refractivity contribution in [3.8, 4) is 0 Å². The van der Waals surface area contributed by atoms with Gasteiger partial charge in [0.05, 0.1) is 0 Å². The molecule has 0 radical (unpaired) electrons. The molecule has 0 amide bonds. The van der Waals surface area contributed by atoms with E-state index in [1.807, 2.05) is 0 Å². The average molecular weight is 114 g/mol. The Balaban J connectivity index is 0.000000147. The van der Waals surface area contributed by atoms with Crippen molar-refractivity contribution in [1.29, 1.82) is 0 Å². The minimum Gasteiger partial charge on any atom is -0.400 e. The Morgan fingerprint density at radius 3 is 1.12 bits per heavy atom. The molecule has 1 heteroatoms. The van der Waals surface area contributed by atoms with Gasteiger partial charge in [-0.1, -0.05) is 0 Å². The highest BCUT2D eigenvalue weighted by molar-refractivity contribution is 4.89. The van der Waals surface area contributed by atoms with E-state index in [1.54, 1.807) is 25.7 Å². The Labute approximate surface area is 50.7 Å². The molecular weight excluding hydrogens is 100 g/mol. The molecule has 0 heterocycles. The lowest BCUT2D eigenvalue weighted by Crippen LogP contribution is -2.34. The summed E-state index contributed by atoms with van der Waals surface area (Å²) in [7, 11) is 1.00. The van der Waals surface area contributed by atoms with Gasteiger partial charge in [0.1, 0.15) is 0 Å². The smallest absolute Gasteiger partial charge is 0.0319 e. The van der Waals surface area contributed by atoms with E-state index in [9.17, 15) is 0 Å². The third-order valence-corrected chi connectivity index (χ3v) is 2.48. The highest BCUT2D eigenvalue weighted by atomic mass is 16.2. The van der Waals surface area contributed by atoms with E-state index < -0.39 is 0 Å². The average Bonchev–Trinajstić information content (AvgIpc) is 1.83. The molecular formula is C7H14O. The summed E-state index contributed by atoms with van der Waals surface area (Å²) in [6.07, 6.45) is 6.24. The molecule has 0 aromatic rings. The topological polar surface area (TPSA) is 20.2 Å². The van der Waals surface area contributed by atoms with E-state index in [0.29, 0.717) is 0 Å². The molecule has 2 fully saturated rings. The maximum Gasteiger partial charge on any atom is 0.0319 e. The molecule has 2 rings (SSSR count). The second kappa shape index (κ2) is 2.49. The van der Waals surface area contributed by atoms with Gasteiger partial charge < -0.3 is 5.11 Å². The molecule has 2 aliphatic rings. The van der Waals surface area contributed by atoms with Crippen molar-refractivity contribution in [1.82, 2.24) is 0 Å². The largest absolute Gasteiger partial charge is 0.400 e. The van der Waals surface area contributed by atoms with E-state index in [1.165, 1.54) is 11.8 Å². The van der Waals surface area contributed by atoms with E-state index in [-0.39, 0.29) is 0 Å². The standard InChI is InChI=1S/C6H10.CH4O/c1-2-6-4-3-5(1)6;1-2/h5-6H,1-4H2;2H,1H3. The summed E-state index contributed by atoms with van der Waals surface area (Å²) in [6.45, 7) is 0. The number of fused-ring (bicyclic) bond motifs is 1. The molecule has 0 bridgehead atoms. The summed E-state index contributed by atoms with van der Waals surface area (Å²) < 4.78 is 0. The molecule has 2 saturated carbocycles. The normalized spacial score (nSPS) is 39.8. The fraction of sp³-hybridized carbons (Fsp3) is 1.00. The van der Waals surface area contributed by atoms with Gasteiger partial charge in [0.2, 0.25) is 0 Å². The van der Waals surface area contributed by atoms with E-state index >= 15 is 0 Å². The third kappa shape index (κ3) is 0.752. The second-order valence-electron chi connectivity index (χ2n) is 2.67. The quantitative estimate of drug-likeness (QED) is 0.505. The minimum atomic E-state index is 1.00. The molecule has 0 spiro atoms. The maximum atomic E-state index is 7.00. The van der Waals surface area contributed by atoms with Crippen molar-refractivity contribution in [2.45, 2.75) is 25.7 Å². The van der Waals surface area contributed by atoms with Crippen LogP contribution in [0.5, 0.6) is 0 Å². The van der Waals surface area contributed by atoms with Crippen LogP contribution in [0.1, 0.15) is 25.7 Å². The molecule has 48 valence electrons. The van der Waals surface area contributed by atoms with Crippen LogP contribution in [0, 0.1) is 11.8 Å². The zero-order chi connectivity index (χ0) is 5.98. The Morgan fingerprint density at radius 1 is 0.875 bits per heavy atom. The van der Waals surface area contributed by atoms with Crippen LogP contribution in [0.3, 0.4) is 0 Å². The number of aliphatic hydroxyl groups excluding tert-OH is 1. The summed E-state index contributed by atoms with van der Waals surface area (Å²) in [6, 6.07) is 0. The predicted molar refractivity (Wildman–Crippen MR) is 33.6 cm³/mol. The van der Waals surface area contributed by atoms with Crippen LogP contribution >= 0.6 is 0 Å². The van der Waals surface area contributed by atoms with Gasteiger partial charge in [-0.2, -0.15) is 0 Å². The molecule has 1 nitrogen and oxygen atoms in total. The fourth-order valence-electron chi connectivity index (χ4n) is 1.56. The SMILES string of the molecule is C1CC2CCC12.CO. The zero-order valence-electron chi connectivity index (χ0n) is 5.43. The van der Waals surface area contributed by atoms with Gasteiger partial charge in [-0.05, 0) is 37.5 Å². The number of hydrogen-bond donors (Lipinski definition) is 1. The van der Waals surface area contributed by atoms with Crippen LogP contribution < -0.4 is 0 Å². The van der Waals surface area contributed by atoms with Crippen molar-refractivity contribution in [3.05, 3.63) is 0 Å². The predicted octanol–water partition coefficient (Wildman–Crippen LogP) is 1.41. The van der Waals surface area contributed by atoms with Crippen LogP contribution in [0.15, 0.2) is 0 Å². The summed E-state index contributed by atoms with van der Waals surface area (Å²) in [5.41, 5.74) is 0. The second-order valence-corrected chi connectivity index (χ2v) is 2.67. The maximum absolute atomic E-state index is 7.00. The highest BCUT2D eigenvalue weighted by Crippen LogP contribution is 2.49. The van der Waals surface area contributed by atoms with Crippen LogP contribution in [0.25, 0.3) is 0 Å². The van der Waals surface area contributed by atoms with Gasteiger partial charge in [0, 0.05) is 7.11 Å².